The van der Waals surface area contributed by atoms with Gasteiger partial charge in [0.1, 0.15) is 0 Å². The lowest BCUT2D eigenvalue weighted by atomic mass is 10.1. The van der Waals surface area contributed by atoms with Crippen LogP contribution in [0.2, 0.25) is 0 Å². The van der Waals surface area contributed by atoms with Gasteiger partial charge in [0, 0.05) is 49.4 Å². The van der Waals surface area contributed by atoms with Gasteiger partial charge in [-0.1, -0.05) is 12.1 Å². The number of rotatable bonds is 4. The fraction of sp³-hybridized carbons (Fsp3) is 0.500. The van der Waals surface area contributed by atoms with E-state index in [1.165, 1.54) is 16.5 Å². The van der Waals surface area contributed by atoms with Crippen LogP contribution in [-0.4, -0.2) is 30.4 Å². The molecule has 1 N–H and O–H groups in total. The van der Waals surface area contributed by atoms with Gasteiger partial charge in [0.2, 0.25) is 0 Å². The summed E-state index contributed by atoms with van der Waals surface area (Å²) < 4.78 is 7.72. The van der Waals surface area contributed by atoms with Crippen LogP contribution in [0.15, 0.2) is 30.5 Å². The Morgan fingerprint density at radius 1 is 1.26 bits per heavy atom. The first-order valence-corrected chi connectivity index (χ1v) is 7.20. The van der Waals surface area contributed by atoms with Crippen LogP contribution in [0.25, 0.3) is 10.9 Å². The second-order valence-corrected chi connectivity index (χ2v) is 5.36. The summed E-state index contributed by atoms with van der Waals surface area (Å²) in [6.45, 7) is 6.05. The molecule has 1 aliphatic heterocycles. The number of hydrogen-bond donors (Lipinski definition) is 1. The Kier molecular flexibility index (Phi) is 3.85. The van der Waals surface area contributed by atoms with Crippen LogP contribution < -0.4 is 5.32 Å². The molecule has 0 saturated carbocycles. The van der Waals surface area contributed by atoms with Crippen molar-refractivity contribution in [3.63, 3.8) is 0 Å². The molecule has 102 valence electrons. The van der Waals surface area contributed by atoms with Crippen LogP contribution in [0.4, 0.5) is 0 Å². The van der Waals surface area contributed by atoms with Crippen LogP contribution in [0.5, 0.6) is 0 Å². The summed E-state index contributed by atoms with van der Waals surface area (Å²) in [5.41, 5.74) is 2.70. The molecule has 0 bridgehead atoms. The summed E-state index contributed by atoms with van der Waals surface area (Å²) in [4.78, 5) is 0. The minimum Gasteiger partial charge on any atom is -0.381 e. The van der Waals surface area contributed by atoms with Crippen LogP contribution in [0.3, 0.4) is 0 Å². The van der Waals surface area contributed by atoms with Gasteiger partial charge in [0.05, 0.1) is 0 Å². The lowest BCUT2D eigenvalue weighted by Crippen LogP contribution is -2.36. The number of nitrogens with zero attached hydrogens (tertiary/aromatic N) is 1. The Bertz CT molecular complexity index is 541. The van der Waals surface area contributed by atoms with E-state index in [9.17, 15) is 0 Å². The maximum absolute atomic E-state index is 5.38. The van der Waals surface area contributed by atoms with Crippen molar-refractivity contribution in [1.82, 2.24) is 9.88 Å². The van der Waals surface area contributed by atoms with Gasteiger partial charge < -0.3 is 14.6 Å². The lowest BCUT2D eigenvalue weighted by molar-refractivity contribution is 0.0779. The van der Waals surface area contributed by atoms with E-state index in [2.05, 4.69) is 47.3 Å². The molecule has 0 spiro atoms. The van der Waals surface area contributed by atoms with Crippen molar-refractivity contribution in [2.24, 2.45) is 0 Å². The minimum atomic E-state index is 0.636. The zero-order valence-corrected chi connectivity index (χ0v) is 11.6. The van der Waals surface area contributed by atoms with Crippen LogP contribution >= 0.6 is 0 Å². The highest BCUT2D eigenvalue weighted by atomic mass is 16.5. The van der Waals surface area contributed by atoms with E-state index < -0.39 is 0 Å². The van der Waals surface area contributed by atoms with E-state index >= 15 is 0 Å². The molecule has 0 atom stereocenters. The Labute approximate surface area is 114 Å². The number of aryl methyl sites for hydroxylation is 1. The quantitative estimate of drug-likeness (QED) is 0.912. The first kappa shape index (κ1) is 12.7. The Morgan fingerprint density at radius 3 is 2.95 bits per heavy atom. The van der Waals surface area contributed by atoms with Crippen molar-refractivity contribution >= 4 is 10.9 Å². The molecule has 2 heterocycles. The first-order chi connectivity index (χ1) is 9.34. The zero-order chi connectivity index (χ0) is 13.1. The molecule has 0 aliphatic carbocycles. The summed E-state index contributed by atoms with van der Waals surface area (Å²) in [5.74, 6) is 0. The highest BCUT2D eigenvalue weighted by Gasteiger charge is 2.12. The zero-order valence-electron chi connectivity index (χ0n) is 11.6. The molecule has 1 aromatic heterocycles. The average Bonchev–Trinajstić information content (AvgIpc) is 2.85. The summed E-state index contributed by atoms with van der Waals surface area (Å²) in [6, 6.07) is 9.38. The van der Waals surface area contributed by atoms with Crippen molar-refractivity contribution in [2.75, 3.05) is 19.8 Å². The third-order valence-electron chi connectivity index (χ3n) is 4.04. The Balaban J connectivity index is 1.60. The minimum absolute atomic E-state index is 0.636. The van der Waals surface area contributed by atoms with E-state index in [0.29, 0.717) is 6.04 Å². The predicted octanol–water partition coefficient (Wildman–Crippen LogP) is 2.72. The molecule has 3 rings (SSSR count). The van der Waals surface area contributed by atoms with Gasteiger partial charge in [0.25, 0.3) is 0 Å². The van der Waals surface area contributed by atoms with Gasteiger partial charge in [-0.2, -0.15) is 0 Å². The summed E-state index contributed by atoms with van der Waals surface area (Å²) in [5, 5.41) is 5.01. The molecule has 2 aromatic rings. The molecule has 19 heavy (non-hydrogen) atoms. The number of fused-ring (bicyclic) bond motifs is 1. The van der Waals surface area contributed by atoms with Gasteiger partial charge in [-0.3, -0.25) is 0 Å². The molecule has 1 aromatic carbocycles. The molecule has 3 nitrogen and oxygen atoms in total. The number of benzene rings is 1. The van der Waals surface area contributed by atoms with E-state index in [1.807, 2.05) is 0 Å². The molecular weight excluding hydrogens is 236 g/mol. The molecular formula is C16H22N2O. The topological polar surface area (TPSA) is 26.2 Å². The smallest absolute Gasteiger partial charge is 0.0483 e. The molecule has 1 saturated heterocycles. The fourth-order valence-corrected chi connectivity index (χ4v) is 2.86. The van der Waals surface area contributed by atoms with Gasteiger partial charge in [-0.25, -0.2) is 0 Å². The molecule has 0 radical (unpaired) electrons. The third-order valence-corrected chi connectivity index (χ3v) is 4.04. The maximum Gasteiger partial charge on any atom is 0.0483 e. The average molecular weight is 258 g/mol. The van der Waals surface area contributed by atoms with E-state index in [-0.39, 0.29) is 0 Å². The van der Waals surface area contributed by atoms with Crippen molar-refractivity contribution in [3.8, 4) is 0 Å². The molecule has 3 heteroatoms. The monoisotopic (exact) mass is 258 g/mol. The summed E-state index contributed by atoms with van der Waals surface area (Å²) in [7, 11) is 0. The molecule has 1 aliphatic rings. The maximum atomic E-state index is 5.38. The van der Waals surface area contributed by atoms with Gasteiger partial charge in [-0.15, -0.1) is 0 Å². The number of aromatic nitrogens is 1. The van der Waals surface area contributed by atoms with E-state index in [0.717, 1.165) is 39.1 Å². The molecule has 0 amide bonds. The predicted molar refractivity (Wildman–Crippen MR) is 78.5 cm³/mol. The van der Waals surface area contributed by atoms with Crippen molar-refractivity contribution in [2.45, 2.75) is 32.4 Å². The van der Waals surface area contributed by atoms with Crippen LogP contribution in [0, 0.1) is 6.92 Å². The highest BCUT2D eigenvalue weighted by molar-refractivity contribution is 5.83. The standard InChI is InChI=1S/C16H22N2O/c1-13-3-2-4-16-15(13)5-9-18(16)10-8-17-14-6-11-19-12-7-14/h2-5,9,14,17H,6-8,10-12H2,1H3. The van der Waals surface area contributed by atoms with E-state index in [4.69, 9.17) is 4.74 Å². The van der Waals surface area contributed by atoms with Gasteiger partial charge in [-0.05, 0) is 37.5 Å². The van der Waals surface area contributed by atoms with Gasteiger partial charge in [0.15, 0.2) is 0 Å². The number of ether oxygens (including phenoxy) is 1. The third kappa shape index (κ3) is 2.82. The van der Waals surface area contributed by atoms with E-state index in [1.54, 1.807) is 0 Å². The van der Waals surface area contributed by atoms with Crippen LogP contribution in [0.1, 0.15) is 18.4 Å². The largest absolute Gasteiger partial charge is 0.381 e. The van der Waals surface area contributed by atoms with Crippen molar-refractivity contribution in [3.05, 3.63) is 36.0 Å². The highest BCUT2D eigenvalue weighted by Crippen LogP contribution is 2.19. The second-order valence-electron chi connectivity index (χ2n) is 5.36. The Hall–Kier alpha value is -1.32. The Morgan fingerprint density at radius 2 is 2.11 bits per heavy atom. The fourth-order valence-electron chi connectivity index (χ4n) is 2.86. The molecule has 1 fully saturated rings. The normalized spacial score (nSPS) is 17.1. The van der Waals surface area contributed by atoms with Crippen molar-refractivity contribution in [1.29, 1.82) is 0 Å². The lowest BCUT2D eigenvalue weighted by Gasteiger charge is -2.23. The van der Waals surface area contributed by atoms with Crippen LogP contribution in [-0.2, 0) is 11.3 Å². The SMILES string of the molecule is Cc1cccc2c1ccn2CCNC1CCOCC1. The first-order valence-electron chi connectivity index (χ1n) is 7.20. The van der Waals surface area contributed by atoms with Gasteiger partial charge >= 0.3 is 0 Å². The summed E-state index contributed by atoms with van der Waals surface area (Å²) in [6.07, 6.45) is 4.49. The molecule has 0 unspecified atom stereocenters. The number of hydrogen-bond acceptors (Lipinski definition) is 2. The van der Waals surface area contributed by atoms with Crippen molar-refractivity contribution < 1.29 is 4.74 Å². The number of nitrogens with one attached hydrogen (secondary N) is 1. The second kappa shape index (κ2) is 5.76. The summed E-state index contributed by atoms with van der Waals surface area (Å²) >= 11 is 0.